The average Bonchev–Trinajstić information content (AvgIpc) is 2.80. The zero-order valence-electron chi connectivity index (χ0n) is 9.04. The molecule has 2 N–H and O–H groups in total. The quantitative estimate of drug-likeness (QED) is 0.904. The molecule has 0 saturated carbocycles. The average molecular weight is 320 g/mol. The summed E-state index contributed by atoms with van der Waals surface area (Å²) in [5, 5.41) is 0. The predicted octanol–water partition coefficient (Wildman–Crippen LogP) is 4.11. The Labute approximate surface area is 110 Å². The molecule has 1 unspecified atom stereocenters. The lowest BCUT2D eigenvalue weighted by atomic mass is 10.00. The first-order valence-electron chi connectivity index (χ1n) is 5.04. The van der Waals surface area contributed by atoms with Crippen LogP contribution in [0.5, 0.6) is 0 Å². The summed E-state index contributed by atoms with van der Waals surface area (Å²) >= 11 is 3.21. The number of nitrogens with two attached hydrogens (primary N) is 1. The Morgan fingerprint density at radius 2 is 1.94 bits per heavy atom. The van der Waals surface area contributed by atoms with Crippen LogP contribution in [0, 0.1) is 0 Å². The van der Waals surface area contributed by atoms with E-state index in [1.54, 1.807) is 6.07 Å². The van der Waals surface area contributed by atoms with Crippen LogP contribution in [0.25, 0.3) is 0 Å². The van der Waals surface area contributed by atoms with E-state index in [4.69, 9.17) is 10.2 Å². The largest absolute Gasteiger partial charge is 0.472 e. The highest BCUT2D eigenvalue weighted by atomic mass is 79.9. The van der Waals surface area contributed by atoms with Gasteiger partial charge in [0.05, 0.1) is 24.1 Å². The second-order valence-corrected chi connectivity index (χ2v) is 4.62. The fraction of sp³-hybridized carbons (Fsp3) is 0.167. The van der Waals surface area contributed by atoms with Gasteiger partial charge in [0.15, 0.2) is 0 Å². The zero-order valence-corrected chi connectivity index (χ0v) is 10.6. The molecule has 0 aliphatic rings. The number of benzene rings is 1. The first-order valence-corrected chi connectivity index (χ1v) is 5.83. The topological polar surface area (TPSA) is 39.2 Å². The second kappa shape index (κ2) is 4.78. The molecular formula is C12H9BrF3NO. The molecule has 0 aliphatic carbocycles. The van der Waals surface area contributed by atoms with Crippen molar-refractivity contribution < 1.29 is 17.6 Å². The Hall–Kier alpha value is -1.27. The van der Waals surface area contributed by atoms with Crippen LogP contribution in [-0.2, 0) is 6.18 Å². The summed E-state index contributed by atoms with van der Waals surface area (Å²) < 4.78 is 43.3. The van der Waals surface area contributed by atoms with E-state index in [2.05, 4.69) is 15.9 Å². The molecule has 2 rings (SSSR count). The van der Waals surface area contributed by atoms with Crippen molar-refractivity contribution in [3.63, 3.8) is 0 Å². The highest BCUT2D eigenvalue weighted by Gasteiger charge is 2.31. The first kappa shape index (κ1) is 13.2. The number of halogens is 4. The van der Waals surface area contributed by atoms with Crippen molar-refractivity contribution in [1.82, 2.24) is 0 Å². The summed E-state index contributed by atoms with van der Waals surface area (Å²) in [6, 6.07) is 4.35. The molecule has 2 nitrogen and oxygen atoms in total. The third-order valence-corrected chi connectivity index (χ3v) is 3.28. The van der Waals surface area contributed by atoms with Gasteiger partial charge in [-0.1, -0.05) is 15.9 Å². The minimum absolute atomic E-state index is 0.367. The van der Waals surface area contributed by atoms with Gasteiger partial charge in [0.1, 0.15) is 0 Å². The minimum Gasteiger partial charge on any atom is -0.472 e. The number of rotatable bonds is 2. The van der Waals surface area contributed by atoms with E-state index >= 15 is 0 Å². The van der Waals surface area contributed by atoms with Crippen LogP contribution in [0.3, 0.4) is 0 Å². The molecule has 2 aromatic rings. The Morgan fingerprint density at radius 3 is 2.50 bits per heavy atom. The molecule has 1 aromatic heterocycles. The van der Waals surface area contributed by atoms with Gasteiger partial charge >= 0.3 is 6.18 Å². The molecule has 96 valence electrons. The number of alkyl halides is 3. The number of hydrogen-bond acceptors (Lipinski definition) is 2. The Morgan fingerprint density at radius 1 is 1.22 bits per heavy atom. The van der Waals surface area contributed by atoms with Crippen molar-refractivity contribution in [2.45, 2.75) is 12.2 Å². The fourth-order valence-corrected chi connectivity index (χ4v) is 2.08. The van der Waals surface area contributed by atoms with Gasteiger partial charge in [-0.25, -0.2) is 0 Å². The van der Waals surface area contributed by atoms with Gasteiger partial charge < -0.3 is 10.2 Å². The molecular weight excluding hydrogens is 311 g/mol. The van der Waals surface area contributed by atoms with Crippen molar-refractivity contribution >= 4 is 15.9 Å². The Balaban J connectivity index is 2.44. The summed E-state index contributed by atoms with van der Waals surface area (Å²) in [7, 11) is 0. The molecule has 1 atom stereocenters. The van der Waals surface area contributed by atoms with Gasteiger partial charge in [0, 0.05) is 10.0 Å². The lowest BCUT2D eigenvalue weighted by molar-refractivity contribution is -0.137. The van der Waals surface area contributed by atoms with Crippen molar-refractivity contribution in [2.24, 2.45) is 5.73 Å². The summed E-state index contributed by atoms with van der Waals surface area (Å²) in [6.45, 7) is 0. The van der Waals surface area contributed by atoms with Crippen LogP contribution >= 0.6 is 15.9 Å². The summed E-state index contributed by atoms with van der Waals surface area (Å²) in [6.07, 6.45) is -1.54. The van der Waals surface area contributed by atoms with Crippen LogP contribution in [0.15, 0.2) is 45.7 Å². The number of furan rings is 1. The second-order valence-electron chi connectivity index (χ2n) is 3.77. The molecule has 1 aromatic carbocycles. The van der Waals surface area contributed by atoms with Gasteiger partial charge in [-0.15, -0.1) is 0 Å². The Kier molecular flexibility index (Phi) is 3.49. The minimum atomic E-state index is -4.38. The molecule has 0 saturated heterocycles. The molecule has 0 bridgehead atoms. The van der Waals surface area contributed by atoms with Crippen LogP contribution in [-0.4, -0.2) is 0 Å². The Bertz CT molecular complexity index is 537. The highest BCUT2D eigenvalue weighted by molar-refractivity contribution is 9.10. The maximum atomic E-state index is 12.6. The van der Waals surface area contributed by atoms with Crippen LogP contribution in [0.1, 0.15) is 22.7 Å². The molecule has 0 aliphatic heterocycles. The highest BCUT2D eigenvalue weighted by Crippen LogP contribution is 2.34. The SMILES string of the molecule is NC(c1ccoc1)c1cc(C(F)(F)F)ccc1Br. The third-order valence-electron chi connectivity index (χ3n) is 2.56. The maximum Gasteiger partial charge on any atom is 0.416 e. The van der Waals surface area contributed by atoms with Gasteiger partial charge in [-0.3, -0.25) is 0 Å². The molecule has 6 heteroatoms. The van der Waals surface area contributed by atoms with Crippen molar-refractivity contribution in [3.8, 4) is 0 Å². The van der Waals surface area contributed by atoms with Gasteiger partial charge in [-0.05, 0) is 29.8 Å². The predicted molar refractivity (Wildman–Crippen MR) is 63.9 cm³/mol. The van der Waals surface area contributed by atoms with E-state index in [0.29, 0.717) is 15.6 Å². The summed E-state index contributed by atoms with van der Waals surface area (Å²) in [4.78, 5) is 0. The van der Waals surface area contributed by atoms with E-state index in [1.807, 2.05) is 0 Å². The van der Waals surface area contributed by atoms with Crippen molar-refractivity contribution in [3.05, 3.63) is 58.0 Å². The molecule has 0 radical (unpaired) electrons. The standard InChI is InChI=1S/C12H9BrF3NO/c13-10-2-1-8(12(14,15)16)5-9(10)11(17)7-3-4-18-6-7/h1-6,11H,17H2. The van der Waals surface area contributed by atoms with Crippen LogP contribution in [0.4, 0.5) is 13.2 Å². The molecule has 18 heavy (non-hydrogen) atoms. The maximum absolute atomic E-state index is 12.6. The van der Waals surface area contributed by atoms with E-state index in [0.717, 1.165) is 12.1 Å². The normalized spacial score (nSPS) is 13.6. The zero-order chi connectivity index (χ0) is 13.3. The van der Waals surface area contributed by atoms with E-state index in [1.165, 1.54) is 18.6 Å². The van der Waals surface area contributed by atoms with Crippen molar-refractivity contribution in [1.29, 1.82) is 0 Å². The van der Waals surface area contributed by atoms with E-state index < -0.39 is 17.8 Å². The monoisotopic (exact) mass is 319 g/mol. The summed E-state index contributed by atoms with van der Waals surface area (Å²) in [5.41, 5.74) is 6.18. The first-order chi connectivity index (χ1) is 8.39. The molecule has 0 spiro atoms. The van der Waals surface area contributed by atoms with Gasteiger partial charge in [0.25, 0.3) is 0 Å². The smallest absolute Gasteiger partial charge is 0.416 e. The molecule has 1 heterocycles. The van der Waals surface area contributed by atoms with Crippen LogP contribution in [0.2, 0.25) is 0 Å². The molecule has 0 amide bonds. The number of hydrogen-bond donors (Lipinski definition) is 1. The fourth-order valence-electron chi connectivity index (χ4n) is 1.59. The van der Waals surface area contributed by atoms with E-state index in [9.17, 15) is 13.2 Å². The lowest BCUT2D eigenvalue weighted by Crippen LogP contribution is -2.14. The van der Waals surface area contributed by atoms with Crippen molar-refractivity contribution in [2.75, 3.05) is 0 Å². The van der Waals surface area contributed by atoms with Gasteiger partial charge in [0.2, 0.25) is 0 Å². The lowest BCUT2D eigenvalue weighted by Gasteiger charge is -2.15. The van der Waals surface area contributed by atoms with Crippen LogP contribution < -0.4 is 5.73 Å². The van der Waals surface area contributed by atoms with E-state index in [-0.39, 0.29) is 0 Å². The third kappa shape index (κ3) is 2.59. The van der Waals surface area contributed by atoms with Gasteiger partial charge in [-0.2, -0.15) is 13.2 Å². The molecule has 0 fully saturated rings. The summed E-state index contributed by atoms with van der Waals surface area (Å²) in [5.74, 6) is 0.